The van der Waals surface area contributed by atoms with Crippen molar-refractivity contribution in [2.45, 2.75) is 20.3 Å². The lowest BCUT2D eigenvalue weighted by molar-refractivity contribution is -0.115. The second-order valence-corrected chi connectivity index (χ2v) is 5.47. The highest BCUT2D eigenvalue weighted by Crippen LogP contribution is 2.18. The predicted molar refractivity (Wildman–Crippen MR) is 81.7 cm³/mol. The number of nitrogens with zero attached hydrogens (tertiary/aromatic N) is 1. The third kappa shape index (κ3) is 4.03. The van der Waals surface area contributed by atoms with Crippen molar-refractivity contribution in [1.29, 1.82) is 0 Å². The normalized spacial score (nSPS) is 10.8. The van der Waals surface area contributed by atoms with Crippen LogP contribution in [0, 0.1) is 6.92 Å². The fourth-order valence-electron chi connectivity index (χ4n) is 1.54. The van der Waals surface area contributed by atoms with Crippen LogP contribution < -0.4 is 5.32 Å². The van der Waals surface area contributed by atoms with E-state index in [2.05, 4.69) is 29.4 Å². The van der Waals surface area contributed by atoms with Gasteiger partial charge in [-0.25, -0.2) is 0 Å². The van der Waals surface area contributed by atoms with Crippen LogP contribution in [0.15, 0.2) is 41.4 Å². The zero-order valence-corrected chi connectivity index (χ0v) is 11.8. The van der Waals surface area contributed by atoms with Gasteiger partial charge in [0.05, 0.1) is 5.69 Å². The van der Waals surface area contributed by atoms with E-state index in [4.69, 9.17) is 0 Å². The standard InChI is InChI=1S/C15H16N2OS/c1-3-15(18)17-13-7-5-12(6-8-13)16-10-14-9-4-11(2)19-14/h4-10H,3H2,1-2H3,(H,17,18). The molecular weight excluding hydrogens is 256 g/mol. The number of amides is 1. The molecule has 0 fully saturated rings. The minimum atomic E-state index is 0.0188. The summed E-state index contributed by atoms with van der Waals surface area (Å²) >= 11 is 1.72. The second-order valence-electron chi connectivity index (χ2n) is 4.16. The molecule has 98 valence electrons. The van der Waals surface area contributed by atoms with E-state index < -0.39 is 0 Å². The van der Waals surface area contributed by atoms with Crippen LogP contribution >= 0.6 is 11.3 Å². The van der Waals surface area contributed by atoms with E-state index in [1.54, 1.807) is 11.3 Å². The van der Waals surface area contributed by atoms with Crippen LogP contribution in [0.3, 0.4) is 0 Å². The zero-order valence-electron chi connectivity index (χ0n) is 11.0. The molecule has 1 N–H and O–H groups in total. The number of anilines is 1. The summed E-state index contributed by atoms with van der Waals surface area (Å²) in [6.45, 7) is 3.91. The lowest BCUT2D eigenvalue weighted by atomic mass is 10.3. The van der Waals surface area contributed by atoms with Crippen LogP contribution in [-0.2, 0) is 4.79 Å². The Hall–Kier alpha value is -1.94. The molecule has 0 aliphatic carbocycles. The Labute approximate surface area is 117 Å². The summed E-state index contributed by atoms with van der Waals surface area (Å²) in [4.78, 5) is 18.1. The van der Waals surface area contributed by atoms with E-state index >= 15 is 0 Å². The van der Waals surface area contributed by atoms with Crippen molar-refractivity contribution in [3.63, 3.8) is 0 Å². The first-order valence-electron chi connectivity index (χ1n) is 6.18. The van der Waals surface area contributed by atoms with Gasteiger partial charge < -0.3 is 5.32 Å². The van der Waals surface area contributed by atoms with E-state index in [9.17, 15) is 4.79 Å². The summed E-state index contributed by atoms with van der Waals surface area (Å²) in [5.74, 6) is 0.0188. The fraction of sp³-hybridized carbons (Fsp3) is 0.200. The maximum Gasteiger partial charge on any atom is 0.224 e. The number of thiophene rings is 1. The molecule has 3 nitrogen and oxygen atoms in total. The maximum atomic E-state index is 11.2. The number of hydrogen-bond acceptors (Lipinski definition) is 3. The van der Waals surface area contributed by atoms with Gasteiger partial charge in [0.15, 0.2) is 0 Å². The minimum absolute atomic E-state index is 0.0188. The summed E-state index contributed by atoms with van der Waals surface area (Å²) in [7, 11) is 0. The van der Waals surface area contributed by atoms with E-state index in [0.29, 0.717) is 6.42 Å². The Morgan fingerprint density at radius 2 is 2.00 bits per heavy atom. The number of carbonyl (C=O) groups is 1. The van der Waals surface area contributed by atoms with Crippen LogP contribution in [0.2, 0.25) is 0 Å². The van der Waals surface area contributed by atoms with Gasteiger partial charge in [0, 0.05) is 28.1 Å². The highest BCUT2D eigenvalue weighted by molar-refractivity contribution is 7.13. The largest absolute Gasteiger partial charge is 0.326 e. The van der Waals surface area contributed by atoms with Gasteiger partial charge in [-0.05, 0) is 43.3 Å². The van der Waals surface area contributed by atoms with Gasteiger partial charge in [-0.15, -0.1) is 11.3 Å². The van der Waals surface area contributed by atoms with Gasteiger partial charge in [-0.3, -0.25) is 9.79 Å². The Morgan fingerprint density at radius 1 is 1.26 bits per heavy atom. The van der Waals surface area contributed by atoms with Crippen molar-refractivity contribution in [2.75, 3.05) is 5.32 Å². The average Bonchev–Trinajstić information content (AvgIpc) is 2.83. The summed E-state index contributed by atoms with van der Waals surface area (Å²) in [5.41, 5.74) is 1.68. The topological polar surface area (TPSA) is 41.5 Å². The Bertz CT molecular complexity index is 584. The van der Waals surface area contributed by atoms with Crippen molar-refractivity contribution >= 4 is 34.8 Å². The van der Waals surface area contributed by atoms with E-state index in [-0.39, 0.29) is 5.91 Å². The van der Waals surface area contributed by atoms with Crippen molar-refractivity contribution in [3.8, 4) is 0 Å². The van der Waals surface area contributed by atoms with Crippen LogP contribution in [0.25, 0.3) is 0 Å². The molecule has 0 radical (unpaired) electrons. The van der Waals surface area contributed by atoms with Crippen LogP contribution in [0.5, 0.6) is 0 Å². The number of nitrogens with one attached hydrogen (secondary N) is 1. The lowest BCUT2D eigenvalue weighted by Gasteiger charge is -2.02. The van der Waals surface area contributed by atoms with Gasteiger partial charge in [0.1, 0.15) is 0 Å². The maximum absolute atomic E-state index is 11.2. The zero-order chi connectivity index (χ0) is 13.7. The number of aliphatic imine (C=N–C) groups is 1. The van der Waals surface area contributed by atoms with Gasteiger partial charge in [0.2, 0.25) is 5.91 Å². The molecule has 1 amide bonds. The van der Waals surface area contributed by atoms with Gasteiger partial charge >= 0.3 is 0 Å². The van der Waals surface area contributed by atoms with E-state index in [1.165, 1.54) is 4.88 Å². The number of rotatable bonds is 4. The van der Waals surface area contributed by atoms with Crippen molar-refractivity contribution < 1.29 is 4.79 Å². The smallest absolute Gasteiger partial charge is 0.224 e. The van der Waals surface area contributed by atoms with Gasteiger partial charge in [0.25, 0.3) is 0 Å². The molecule has 0 unspecified atom stereocenters. The third-order valence-electron chi connectivity index (χ3n) is 2.57. The summed E-state index contributed by atoms with van der Waals surface area (Å²) in [6, 6.07) is 11.6. The SMILES string of the molecule is CCC(=O)Nc1ccc(N=Cc2ccc(C)s2)cc1. The third-order valence-corrected chi connectivity index (χ3v) is 3.51. The molecule has 1 aromatic carbocycles. The van der Waals surface area contributed by atoms with Crippen molar-refractivity contribution in [1.82, 2.24) is 0 Å². The monoisotopic (exact) mass is 272 g/mol. The Balaban J connectivity index is 2.02. The molecule has 0 aliphatic rings. The first-order valence-corrected chi connectivity index (χ1v) is 6.99. The van der Waals surface area contributed by atoms with E-state index in [0.717, 1.165) is 16.3 Å². The highest BCUT2D eigenvalue weighted by Gasteiger charge is 1.98. The van der Waals surface area contributed by atoms with Crippen LogP contribution in [-0.4, -0.2) is 12.1 Å². The molecule has 0 bridgehead atoms. The first-order chi connectivity index (χ1) is 9.17. The molecule has 2 aromatic rings. The molecule has 2 rings (SSSR count). The van der Waals surface area contributed by atoms with Crippen molar-refractivity contribution in [2.24, 2.45) is 4.99 Å². The predicted octanol–water partition coefficient (Wildman–Crippen LogP) is 4.16. The molecule has 4 heteroatoms. The molecular formula is C15H16N2OS. The number of aryl methyl sites for hydroxylation is 1. The summed E-state index contributed by atoms with van der Waals surface area (Å²) in [6.07, 6.45) is 2.34. The Morgan fingerprint density at radius 3 is 2.58 bits per heavy atom. The molecule has 19 heavy (non-hydrogen) atoms. The Kier molecular flexibility index (Phi) is 4.47. The molecule has 0 saturated carbocycles. The number of hydrogen-bond donors (Lipinski definition) is 1. The molecule has 0 saturated heterocycles. The number of carbonyl (C=O) groups excluding carboxylic acids is 1. The molecule has 0 atom stereocenters. The van der Waals surface area contributed by atoms with Crippen LogP contribution in [0.4, 0.5) is 11.4 Å². The number of benzene rings is 1. The van der Waals surface area contributed by atoms with Gasteiger partial charge in [-0.1, -0.05) is 6.92 Å². The average molecular weight is 272 g/mol. The summed E-state index contributed by atoms with van der Waals surface area (Å²) < 4.78 is 0. The fourth-order valence-corrected chi connectivity index (χ4v) is 2.29. The second kappa shape index (κ2) is 6.29. The molecule has 1 heterocycles. The van der Waals surface area contributed by atoms with Crippen LogP contribution in [0.1, 0.15) is 23.1 Å². The van der Waals surface area contributed by atoms with E-state index in [1.807, 2.05) is 37.4 Å². The highest BCUT2D eigenvalue weighted by atomic mass is 32.1. The van der Waals surface area contributed by atoms with Crippen molar-refractivity contribution in [3.05, 3.63) is 46.2 Å². The quantitative estimate of drug-likeness (QED) is 0.834. The molecule has 1 aromatic heterocycles. The summed E-state index contributed by atoms with van der Waals surface area (Å²) in [5, 5.41) is 2.81. The molecule has 0 spiro atoms. The molecule has 0 aliphatic heterocycles. The minimum Gasteiger partial charge on any atom is -0.326 e. The first kappa shape index (κ1) is 13.5. The van der Waals surface area contributed by atoms with Gasteiger partial charge in [-0.2, -0.15) is 0 Å². The lowest BCUT2D eigenvalue weighted by Crippen LogP contribution is -2.08.